The van der Waals surface area contributed by atoms with Crippen LogP contribution in [0.3, 0.4) is 0 Å². The van der Waals surface area contributed by atoms with Gasteiger partial charge in [-0.3, -0.25) is 4.39 Å². The van der Waals surface area contributed by atoms with Gasteiger partial charge in [-0.05, 0) is 13.3 Å². The third-order valence-electron chi connectivity index (χ3n) is 1.11. The summed E-state index contributed by atoms with van der Waals surface area (Å²) in [5, 5.41) is 0. The molecular weight excluding hydrogens is 157 g/mol. The summed E-state index contributed by atoms with van der Waals surface area (Å²) < 4.78 is 40.3. The maximum absolute atomic E-state index is 12.1. The van der Waals surface area contributed by atoms with Crippen molar-refractivity contribution in [3.63, 3.8) is 0 Å². The predicted molar refractivity (Wildman–Crippen MR) is 36.6 cm³/mol. The average molecular weight is 170 g/mol. The van der Waals surface area contributed by atoms with E-state index in [9.17, 15) is 13.2 Å². The fraction of sp³-hybridized carbons (Fsp3) is 1.00. The van der Waals surface area contributed by atoms with Crippen molar-refractivity contribution in [3.05, 3.63) is 0 Å². The van der Waals surface area contributed by atoms with E-state index >= 15 is 0 Å². The smallest absolute Gasteiger partial charge is 0.247 e. The molecule has 0 saturated carbocycles. The lowest BCUT2D eigenvalue weighted by Gasteiger charge is -2.09. The Morgan fingerprint density at radius 3 is 2.36 bits per heavy atom. The van der Waals surface area contributed by atoms with Crippen molar-refractivity contribution in [2.75, 3.05) is 19.9 Å². The van der Waals surface area contributed by atoms with Crippen molar-refractivity contribution in [2.45, 2.75) is 25.7 Å². The second-order valence-corrected chi connectivity index (χ2v) is 2.48. The standard InChI is InChI=1S/C7H13F3O/c1-7(9,10)3-6-11-5-2-4-8/h2-6H2,1H3. The Kier molecular flexibility index (Phi) is 5.28. The van der Waals surface area contributed by atoms with Gasteiger partial charge in [0.1, 0.15) is 0 Å². The van der Waals surface area contributed by atoms with E-state index in [-0.39, 0.29) is 26.1 Å². The zero-order valence-corrected chi connectivity index (χ0v) is 6.58. The van der Waals surface area contributed by atoms with Gasteiger partial charge >= 0.3 is 0 Å². The van der Waals surface area contributed by atoms with Gasteiger partial charge in [0, 0.05) is 13.0 Å². The molecule has 0 fully saturated rings. The molecule has 0 aromatic rings. The third-order valence-corrected chi connectivity index (χ3v) is 1.11. The van der Waals surface area contributed by atoms with Gasteiger partial charge in [0.2, 0.25) is 5.92 Å². The Hall–Kier alpha value is -0.250. The first-order valence-electron chi connectivity index (χ1n) is 3.58. The summed E-state index contributed by atoms with van der Waals surface area (Å²) in [6.07, 6.45) is -0.00539. The molecular formula is C7H13F3O. The van der Waals surface area contributed by atoms with Gasteiger partial charge < -0.3 is 4.74 Å². The van der Waals surface area contributed by atoms with E-state index in [2.05, 4.69) is 0 Å². The van der Waals surface area contributed by atoms with Crippen LogP contribution in [0.15, 0.2) is 0 Å². The van der Waals surface area contributed by atoms with Crippen molar-refractivity contribution >= 4 is 0 Å². The number of rotatable bonds is 6. The molecule has 0 radical (unpaired) electrons. The Morgan fingerprint density at radius 2 is 1.91 bits per heavy atom. The Morgan fingerprint density at radius 1 is 1.27 bits per heavy atom. The first-order valence-corrected chi connectivity index (χ1v) is 3.58. The minimum Gasteiger partial charge on any atom is -0.381 e. The molecule has 4 heteroatoms. The summed E-state index contributed by atoms with van der Waals surface area (Å²) >= 11 is 0. The molecule has 0 N–H and O–H groups in total. The highest BCUT2D eigenvalue weighted by atomic mass is 19.3. The molecule has 0 aliphatic carbocycles. The summed E-state index contributed by atoms with van der Waals surface area (Å²) in [5.74, 6) is -2.67. The third kappa shape index (κ3) is 9.75. The molecule has 0 aliphatic heterocycles. The molecule has 0 bridgehead atoms. The molecule has 0 atom stereocenters. The Labute approximate surface area is 64.5 Å². The van der Waals surface area contributed by atoms with Crippen LogP contribution in [-0.4, -0.2) is 25.8 Å². The topological polar surface area (TPSA) is 9.23 Å². The van der Waals surface area contributed by atoms with E-state index in [0.29, 0.717) is 0 Å². The highest BCUT2D eigenvalue weighted by Gasteiger charge is 2.19. The van der Waals surface area contributed by atoms with E-state index < -0.39 is 12.6 Å². The molecule has 0 rings (SSSR count). The number of halogens is 3. The van der Waals surface area contributed by atoms with Gasteiger partial charge in [0.05, 0.1) is 13.3 Å². The Bertz CT molecular complexity index is 90.2. The van der Waals surface area contributed by atoms with Crippen molar-refractivity contribution in [3.8, 4) is 0 Å². The molecule has 0 saturated heterocycles. The van der Waals surface area contributed by atoms with Crippen molar-refractivity contribution in [1.82, 2.24) is 0 Å². The normalized spacial score (nSPS) is 12.0. The average Bonchev–Trinajstić information content (AvgIpc) is 1.85. The molecule has 0 spiro atoms. The highest BCUT2D eigenvalue weighted by Crippen LogP contribution is 2.15. The molecule has 1 nitrogen and oxygen atoms in total. The van der Waals surface area contributed by atoms with E-state index in [1.54, 1.807) is 0 Å². The zero-order chi connectivity index (χ0) is 8.74. The molecule has 0 heterocycles. The fourth-order valence-corrected chi connectivity index (χ4v) is 0.510. The largest absolute Gasteiger partial charge is 0.381 e. The van der Waals surface area contributed by atoms with Crippen LogP contribution in [0, 0.1) is 0 Å². The van der Waals surface area contributed by atoms with Crippen LogP contribution in [0.4, 0.5) is 13.2 Å². The van der Waals surface area contributed by atoms with Crippen LogP contribution in [0.1, 0.15) is 19.8 Å². The van der Waals surface area contributed by atoms with Crippen LogP contribution in [-0.2, 0) is 4.74 Å². The fourth-order valence-electron chi connectivity index (χ4n) is 0.510. The lowest BCUT2D eigenvalue weighted by Crippen LogP contribution is -2.13. The maximum Gasteiger partial charge on any atom is 0.247 e. The van der Waals surface area contributed by atoms with Crippen LogP contribution in [0.25, 0.3) is 0 Å². The molecule has 11 heavy (non-hydrogen) atoms. The SMILES string of the molecule is CC(F)(F)CCOCCCF. The van der Waals surface area contributed by atoms with Crippen LogP contribution < -0.4 is 0 Å². The van der Waals surface area contributed by atoms with Gasteiger partial charge in [0.25, 0.3) is 0 Å². The first-order chi connectivity index (χ1) is 5.06. The predicted octanol–water partition coefficient (Wildman–Crippen LogP) is 2.41. The number of alkyl halides is 3. The summed E-state index contributed by atoms with van der Waals surface area (Å²) in [7, 11) is 0. The van der Waals surface area contributed by atoms with Crippen LogP contribution >= 0.6 is 0 Å². The van der Waals surface area contributed by atoms with Crippen LogP contribution in [0.2, 0.25) is 0 Å². The Balaban J connectivity index is 3.02. The lowest BCUT2D eigenvalue weighted by molar-refractivity contribution is -0.0170. The zero-order valence-electron chi connectivity index (χ0n) is 6.58. The molecule has 68 valence electrons. The minimum atomic E-state index is -2.67. The van der Waals surface area contributed by atoms with Gasteiger partial charge in [-0.1, -0.05) is 0 Å². The van der Waals surface area contributed by atoms with Gasteiger partial charge in [-0.15, -0.1) is 0 Å². The second kappa shape index (κ2) is 5.41. The lowest BCUT2D eigenvalue weighted by atomic mass is 10.3. The molecule has 0 amide bonds. The molecule has 0 aromatic carbocycles. The maximum atomic E-state index is 12.1. The molecule has 0 aromatic heterocycles. The number of hydrogen-bond acceptors (Lipinski definition) is 1. The van der Waals surface area contributed by atoms with Gasteiger partial charge in [-0.2, -0.15) is 0 Å². The van der Waals surface area contributed by atoms with E-state index in [1.165, 1.54) is 0 Å². The van der Waals surface area contributed by atoms with Gasteiger partial charge in [-0.25, -0.2) is 8.78 Å². The highest BCUT2D eigenvalue weighted by molar-refractivity contribution is 4.55. The summed E-state index contributed by atoms with van der Waals surface area (Å²) in [5.41, 5.74) is 0. The minimum absolute atomic E-state index is 0.00347. The number of hydrogen-bond donors (Lipinski definition) is 0. The van der Waals surface area contributed by atoms with Crippen molar-refractivity contribution in [1.29, 1.82) is 0 Å². The van der Waals surface area contributed by atoms with Crippen molar-refractivity contribution < 1.29 is 17.9 Å². The second-order valence-electron chi connectivity index (χ2n) is 2.48. The monoisotopic (exact) mass is 170 g/mol. The van der Waals surface area contributed by atoms with E-state index in [4.69, 9.17) is 4.74 Å². The van der Waals surface area contributed by atoms with Crippen molar-refractivity contribution in [2.24, 2.45) is 0 Å². The van der Waals surface area contributed by atoms with Crippen LogP contribution in [0.5, 0.6) is 0 Å². The quantitative estimate of drug-likeness (QED) is 0.556. The molecule has 0 aliphatic rings. The van der Waals surface area contributed by atoms with E-state index in [1.807, 2.05) is 0 Å². The summed E-state index contributed by atoms with van der Waals surface area (Å²) in [4.78, 5) is 0. The van der Waals surface area contributed by atoms with Gasteiger partial charge in [0.15, 0.2) is 0 Å². The molecule has 0 unspecified atom stereocenters. The summed E-state index contributed by atoms with van der Waals surface area (Å²) in [6.45, 7) is 0.615. The first kappa shape index (κ1) is 10.8. The number of ether oxygens (including phenoxy) is 1. The summed E-state index contributed by atoms with van der Waals surface area (Å²) in [6, 6.07) is 0. The van der Waals surface area contributed by atoms with E-state index in [0.717, 1.165) is 6.92 Å².